The molecule has 130 valence electrons. The molecule has 0 aliphatic carbocycles. The van der Waals surface area contributed by atoms with Crippen LogP contribution in [-0.2, 0) is 9.59 Å². The summed E-state index contributed by atoms with van der Waals surface area (Å²) >= 11 is 6.16. The molecule has 0 saturated carbocycles. The van der Waals surface area contributed by atoms with Crippen molar-refractivity contribution in [2.24, 2.45) is 5.92 Å². The van der Waals surface area contributed by atoms with Crippen LogP contribution in [0.4, 0.5) is 5.69 Å². The van der Waals surface area contributed by atoms with E-state index in [4.69, 9.17) is 11.6 Å². The molecule has 2 amide bonds. The fourth-order valence-electron chi connectivity index (χ4n) is 3.16. The molecule has 25 heavy (non-hydrogen) atoms. The Morgan fingerprint density at radius 2 is 1.92 bits per heavy atom. The molecule has 1 aliphatic heterocycles. The van der Waals surface area contributed by atoms with Gasteiger partial charge in [-0.1, -0.05) is 48.0 Å². The van der Waals surface area contributed by atoms with Gasteiger partial charge in [0.1, 0.15) is 0 Å². The molecule has 4 nitrogen and oxygen atoms in total. The SMILES string of the molecule is Cc1c(Cl)cccc1N1CC(C(=O)NC(C)c2ccccc2)CC1=O. The van der Waals surface area contributed by atoms with Crippen molar-refractivity contribution in [1.29, 1.82) is 0 Å². The quantitative estimate of drug-likeness (QED) is 0.903. The largest absolute Gasteiger partial charge is 0.349 e. The highest BCUT2D eigenvalue weighted by Crippen LogP contribution is 2.31. The maximum Gasteiger partial charge on any atom is 0.227 e. The number of carbonyl (C=O) groups is 2. The van der Waals surface area contributed by atoms with Gasteiger partial charge in [-0.25, -0.2) is 0 Å². The number of benzene rings is 2. The molecule has 1 saturated heterocycles. The highest BCUT2D eigenvalue weighted by atomic mass is 35.5. The van der Waals surface area contributed by atoms with Gasteiger partial charge in [-0.15, -0.1) is 0 Å². The van der Waals surface area contributed by atoms with E-state index >= 15 is 0 Å². The highest BCUT2D eigenvalue weighted by molar-refractivity contribution is 6.31. The van der Waals surface area contributed by atoms with Crippen LogP contribution >= 0.6 is 11.6 Å². The van der Waals surface area contributed by atoms with Crippen LogP contribution in [-0.4, -0.2) is 18.4 Å². The fraction of sp³-hybridized carbons (Fsp3) is 0.300. The minimum Gasteiger partial charge on any atom is -0.349 e. The molecule has 1 heterocycles. The third-order valence-corrected chi connectivity index (χ3v) is 5.09. The normalized spacial score (nSPS) is 18.3. The Labute approximate surface area is 152 Å². The van der Waals surface area contributed by atoms with E-state index < -0.39 is 0 Å². The summed E-state index contributed by atoms with van der Waals surface area (Å²) < 4.78 is 0. The van der Waals surface area contributed by atoms with Gasteiger partial charge in [0.05, 0.1) is 12.0 Å². The predicted octanol–water partition coefficient (Wildman–Crippen LogP) is 3.88. The highest BCUT2D eigenvalue weighted by Gasteiger charge is 2.36. The summed E-state index contributed by atoms with van der Waals surface area (Å²) in [6.07, 6.45) is 0.222. The van der Waals surface area contributed by atoms with Gasteiger partial charge in [0.25, 0.3) is 0 Å². The number of rotatable bonds is 4. The molecule has 0 bridgehead atoms. The van der Waals surface area contributed by atoms with E-state index in [9.17, 15) is 9.59 Å². The van der Waals surface area contributed by atoms with Crippen LogP contribution in [0.2, 0.25) is 5.02 Å². The van der Waals surface area contributed by atoms with Crippen molar-refractivity contribution in [3.05, 3.63) is 64.7 Å². The molecule has 3 rings (SSSR count). The number of halogens is 1. The number of amides is 2. The predicted molar refractivity (Wildman–Crippen MR) is 99.6 cm³/mol. The van der Waals surface area contributed by atoms with Crippen molar-refractivity contribution in [2.75, 3.05) is 11.4 Å². The van der Waals surface area contributed by atoms with Crippen molar-refractivity contribution in [2.45, 2.75) is 26.3 Å². The van der Waals surface area contributed by atoms with Crippen LogP contribution in [0.1, 0.15) is 30.5 Å². The van der Waals surface area contributed by atoms with E-state index in [2.05, 4.69) is 5.32 Å². The van der Waals surface area contributed by atoms with Gasteiger partial charge in [0.2, 0.25) is 11.8 Å². The zero-order valence-corrected chi connectivity index (χ0v) is 15.1. The Kier molecular flexibility index (Phi) is 5.09. The number of hydrogen-bond donors (Lipinski definition) is 1. The Hall–Kier alpha value is -2.33. The van der Waals surface area contributed by atoms with Gasteiger partial charge in [-0.2, -0.15) is 0 Å². The van der Waals surface area contributed by atoms with Gasteiger partial charge >= 0.3 is 0 Å². The lowest BCUT2D eigenvalue weighted by molar-refractivity contribution is -0.126. The number of anilines is 1. The van der Waals surface area contributed by atoms with Crippen molar-refractivity contribution in [3.63, 3.8) is 0 Å². The molecule has 2 aromatic rings. The van der Waals surface area contributed by atoms with Gasteiger partial charge < -0.3 is 10.2 Å². The smallest absolute Gasteiger partial charge is 0.227 e. The van der Waals surface area contributed by atoms with Crippen LogP contribution in [0.15, 0.2) is 48.5 Å². The van der Waals surface area contributed by atoms with E-state index in [-0.39, 0.29) is 30.2 Å². The molecule has 0 radical (unpaired) electrons. The van der Waals surface area contributed by atoms with E-state index in [0.717, 1.165) is 16.8 Å². The maximum absolute atomic E-state index is 12.6. The minimum absolute atomic E-state index is 0.0436. The molecule has 2 atom stereocenters. The molecule has 1 aliphatic rings. The molecular weight excluding hydrogens is 336 g/mol. The Bertz CT molecular complexity index is 792. The zero-order chi connectivity index (χ0) is 18.0. The first-order chi connectivity index (χ1) is 12.0. The third-order valence-electron chi connectivity index (χ3n) is 4.68. The number of carbonyl (C=O) groups excluding carboxylic acids is 2. The molecule has 2 aromatic carbocycles. The van der Waals surface area contributed by atoms with Gasteiger partial charge in [0, 0.05) is 23.7 Å². The summed E-state index contributed by atoms with van der Waals surface area (Å²) in [4.78, 5) is 26.7. The first-order valence-electron chi connectivity index (χ1n) is 8.38. The van der Waals surface area contributed by atoms with E-state index in [1.807, 2.05) is 56.3 Å². The molecule has 0 aromatic heterocycles. The second kappa shape index (κ2) is 7.28. The molecule has 0 spiro atoms. The van der Waals surface area contributed by atoms with Gasteiger partial charge in [-0.3, -0.25) is 9.59 Å². The molecule has 1 fully saturated rings. The summed E-state index contributed by atoms with van der Waals surface area (Å²) in [5.41, 5.74) is 2.68. The molecule has 1 N–H and O–H groups in total. The summed E-state index contributed by atoms with van der Waals surface area (Å²) in [5, 5.41) is 3.63. The summed E-state index contributed by atoms with van der Waals surface area (Å²) in [7, 11) is 0. The topological polar surface area (TPSA) is 49.4 Å². The maximum atomic E-state index is 12.6. The number of nitrogens with one attached hydrogen (secondary N) is 1. The van der Waals surface area contributed by atoms with Crippen LogP contribution in [0.25, 0.3) is 0 Å². The molecule has 2 unspecified atom stereocenters. The van der Waals surface area contributed by atoms with E-state index in [0.29, 0.717) is 11.6 Å². The second-order valence-corrected chi connectivity index (χ2v) is 6.84. The van der Waals surface area contributed by atoms with Crippen molar-refractivity contribution >= 4 is 29.1 Å². The lowest BCUT2D eigenvalue weighted by Crippen LogP contribution is -2.34. The lowest BCUT2D eigenvalue weighted by Gasteiger charge is -2.20. The zero-order valence-electron chi connectivity index (χ0n) is 14.3. The Morgan fingerprint density at radius 3 is 2.64 bits per heavy atom. The third kappa shape index (κ3) is 3.69. The summed E-state index contributed by atoms with van der Waals surface area (Å²) in [5.74, 6) is -0.484. The second-order valence-electron chi connectivity index (χ2n) is 6.43. The first-order valence-corrected chi connectivity index (χ1v) is 8.76. The van der Waals surface area contributed by atoms with Crippen LogP contribution < -0.4 is 10.2 Å². The number of hydrogen-bond acceptors (Lipinski definition) is 2. The lowest BCUT2D eigenvalue weighted by atomic mass is 10.1. The first kappa shape index (κ1) is 17.5. The monoisotopic (exact) mass is 356 g/mol. The average Bonchev–Trinajstić information content (AvgIpc) is 3.00. The minimum atomic E-state index is -0.350. The van der Waals surface area contributed by atoms with E-state index in [1.54, 1.807) is 11.0 Å². The van der Waals surface area contributed by atoms with Crippen molar-refractivity contribution in [3.8, 4) is 0 Å². The van der Waals surface area contributed by atoms with Crippen LogP contribution in [0.5, 0.6) is 0 Å². The summed E-state index contributed by atoms with van der Waals surface area (Å²) in [6.45, 7) is 4.21. The molecule has 5 heteroatoms. The summed E-state index contributed by atoms with van der Waals surface area (Å²) in [6, 6.07) is 15.2. The number of nitrogens with zero attached hydrogens (tertiary/aromatic N) is 1. The van der Waals surface area contributed by atoms with E-state index in [1.165, 1.54) is 0 Å². The van der Waals surface area contributed by atoms with Crippen LogP contribution in [0, 0.1) is 12.8 Å². The molecular formula is C20H21ClN2O2. The standard InChI is InChI=1S/C20H21ClN2O2/c1-13-17(21)9-6-10-18(13)23-12-16(11-19(23)24)20(25)22-14(2)15-7-4-3-5-8-15/h3-10,14,16H,11-12H2,1-2H3,(H,22,25). The average molecular weight is 357 g/mol. The van der Waals surface area contributed by atoms with Crippen molar-refractivity contribution < 1.29 is 9.59 Å². The van der Waals surface area contributed by atoms with Gasteiger partial charge in [-0.05, 0) is 37.1 Å². The Morgan fingerprint density at radius 1 is 1.20 bits per heavy atom. The van der Waals surface area contributed by atoms with Gasteiger partial charge in [0.15, 0.2) is 0 Å². The van der Waals surface area contributed by atoms with Crippen molar-refractivity contribution in [1.82, 2.24) is 5.32 Å². The fourth-order valence-corrected chi connectivity index (χ4v) is 3.33. The Balaban J connectivity index is 1.70. The van der Waals surface area contributed by atoms with Crippen LogP contribution in [0.3, 0.4) is 0 Å².